The Kier molecular flexibility index (Phi) is 4.90. The molecule has 1 aliphatic carbocycles. The number of halogens is 2. The van der Waals surface area contributed by atoms with E-state index in [1.54, 1.807) is 18.2 Å². The lowest BCUT2D eigenvalue weighted by Crippen LogP contribution is -2.37. The summed E-state index contributed by atoms with van der Waals surface area (Å²) in [4.78, 5) is 12.0. The van der Waals surface area contributed by atoms with Crippen molar-refractivity contribution in [2.75, 3.05) is 0 Å². The molecule has 1 aliphatic rings. The number of hydrogen-bond donors (Lipinski definition) is 1. The maximum atomic E-state index is 12.0. The number of carbonyl (C=O) groups excluding carboxylic acids is 1. The molecule has 4 heteroatoms. The zero-order valence-corrected chi connectivity index (χ0v) is 11.7. The largest absolute Gasteiger partial charge is 0.353 e. The van der Waals surface area contributed by atoms with Crippen molar-refractivity contribution in [3.05, 3.63) is 33.8 Å². The van der Waals surface area contributed by atoms with Crippen molar-refractivity contribution in [3.8, 4) is 0 Å². The van der Waals surface area contributed by atoms with Crippen molar-refractivity contribution in [1.82, 2.24) is 5.32 Å². The number of amides is 1. The minimum Gasteiger partial charge on any atom is -0.353 e. The Morgan fingerprint density at radius 1 is 1.17 bits per heavy atom. The minimum absolute atomic E-state index is 0.0110. The van der Waals surface area contributed by atoms with Gasteiger partial charge in [0.05, 0.1) is 6.42 Å². The van der Waals surface area contributed by atoms with Gasteiger partial charge in [0.2, 0.25) is 5.91 Å². The van der Waals surface area contributed by atoms with Crippen molar-refractivity contribution in [2.24, 2.45) is 0 Å². The van der Waals surface area contributed by atoms with E-state index in [4.69, 9.17) is 23.2 Å². The number of rotatable bonds is 3. The molecule has 2 rings (SSSR count). The van der Waals surface area contributed by atoms with E-state index in [-0.39, 0.29) is 12.3 Å². The molecule has 2 nitrogen and oxygen atoms in total. The van der Waals surface area contributed by atoms with Crippen molar-refractivity contribution in [1.29, 1.82) is 0 Å². The van der Waals surface area contributed by atoms with Gasteiger partial charge < -0.3 is 5.32 Å². The molecule has 1 fully saturated rings. The molecular weight excluding hydrogens is 269 g/mol. The van der Waals surface area contributed by atoms with Crippen molar-refractivity contribution >= 4 is 29.1 Å². The molecule has 0 aromatic heterocycles. The number of nitrogens with one attached hydrogen (secondary N) is 1. The zero-order valence-electron chi connectivity index (χ0n) is 10.2. The average molecular weight is 286 g/mol. The smallest absolute Gasteiger partial charge is 0.224 e. The van der Waals surface area contributed by atoms with E-state index in [9.17, 15) is 4.79 Å². The summed E-state index contributed by atoms with van der Waals surface area (Å²) in [6, 6.07) is 5.63. The molecule has 1 aromatic rings. The fraction of sp³-hybridized carbons (Fsp3) is 0.500. The summed E-state index contributed by atoms with van der Waals surface area (Å²) in [6.07, 6.45) is 6.12. The molecule has 0 spiro atoms. The van der Waals surface area contributed by atoms with E-state index in [2.05, 4.69) is 5.32 Å². The van der Waals surface area contributed by atoms with Crippen molar-refractivity contribution < 1.29 is 4.79 Å². The molecule has 18 heavy (non-hydrogen) atoms. The van der Waals surface area contributed by atoms with Gasteiger partial charge in [0, 0.05) is 16.1 Å². The maximum Gasteiger partial charge on any atom is 0.224 e. The van der Waals surface area contributed by atoms with Gasteiger partial charge >= 0.3 is 0 Å². The van der Waals surface area contributed by atoms with Crippen LogP contribution in [-0.2, 0) is 11.2 Å². The van der Waals surface area contributed by atoms with E-state index in [0.29, 0.717) is 21.7 Å². The molecule has 0 heterocycles. The van der Waals surface area contributed by atoms with Gasteiger partial charge in [-0.05, 0) is 30.5 Å². The maximum absolute atomic E-state index is 12.0. The monoisotopic (exact) mass is 285 g/mol. The van der Waals surface area contributed by atoms with Gasteiger partial charge in [0.15, 0.2) is 0 Å². The Bertz CT molecular complexity index is 408. The zero-order chi connectivity index (χ0) is 13.0. The Labute approximate surface area is 118 Å². The van der Waals surface area contributed by atoms with Gasteiger partial charge in [-0.1, -0.05) is 48.5 Å². The average Bonchev–Trinajstić information content (AvgIpc) is 2.35. The third-order valence-corrected chi connectivity index (χ3v) is 4.08. The van der Waals surface area contributed by atoms with Crippen LogP contribution in [0.25, 0.3) is 0 Å². The summed E-state index contributed by atoms with van der Waals surface area (Å²) in [6.45, 7) is 0. The second-order valence-electron chi connectivity index (χ2n) is 4.78. The Morgan fingerprint density at radius 3 is 2.39 bits per heavy atom. The van der Waals surface area contributed by atoms with Crippen LogP contribution in [0.2, 0.25) is 10.0 Å². The van der Waals surface area contributed by atoms with Gasteiger partial charge in [0.1, 0.15) is 0 Å². The van der Waals surface area contributed by atoms with E-state index >= 15 is 0 Å². The molecule has 1 amide bonds. The van der Waals surface area contributed by atoms with Crippen LogP contribution in [-0.4, -0.2) is 11.9 Å². The molecule has 1 saturated carbocycles. The number of hydrogen-bond acceptors (Lipinski definition) is 1. The molecule has 0 bridgehead atoms. The second-order valence-corrected chi connectivity index (χ2v) is 5.59. The van der Waals surface area contributed by atoms with Gasteiger partial charge in [-0.15, -0.1) is 0 Å². The predicted octanol–water partition coefficient (Wildman–Crippen LogP) is 3.98. The third-order valence-electron chi connectivity index (χ3n) is 3.37. The van der Waals surface area contributed by atoms with Crippen LogP contribution in [0.5, 0.6) is 0 Å². The molecule has 0 atom stereocenters. The highest BCUT2D eigenvalue weighted by Gasteiger charge is 2.17. The first-order valence-corrected chi connectivity index (χ1v) is 7.14. The van der Waals surface area contributed by atoms with Crippen LogP contribution in [0.15, 0.2) is 18.2 Å². The molecule has 98 valence electrons. The summed E-state index contributed by atoms with van der Waals surface area (Å²) in [5.74, 6) is 0.0110. The molecule has 1 N–H and O–H groups in total. The summed E-state index contributed by atoms with van der Waals surface area (Å²) in [5.41, 5.74) is 0.717. The Balaban J connectivity index is 1.94. The van der Waals surface area contributed by atoms with Crippen molar-refractivity contribution in [2.45, 2.75) is 44.6 Å². The van der Waals surface area contributed by atoms with Crippen LogP contribution in [0.4, 0.5) is 0 Å². The Hall–Kier alpha value is -0.730. The Morgan fingerprint density at radius 2 is 1.78 bits per heavy atom. The van der Waals surface area contributed by atoms with Crippen LogP contribution >= 0.6 is 23.2 Å². The molecule has 1 aromatic carbocycles. The summed E-state index contributed by atoms with van der Waals surface area (Å²) < 4.78 is 0. The van der Waals surface area contributed by atoms with E-state index in [1.807, 2.05) is 0 Å². The van der Waals surface area contributed by atoms with Crippen LogP contribution < -0.4 is 5.32 Å². The quantitative estimate of drug-likeness (QED) is 0.894. The van der Waals surface area contributed by atoms with Crippen LogP contribution in [0.1, 0.15) is 37.7 Å². The highest BCUT2D eigenvalue weighted by atomic mass is 35.5. The minimum atomic E-state index is 0.0110. The van der Waals surface area contributed by atoms with Crippen LogP contribution in [0.3, 0.4) is 0 Å². The summed E-state index contributed by atoms with van der Waals surface area (Å²) in [7, 11) is 0. The fourth-order valence-electron chi connectivity index (χ4n) is 2.39. The van der Waals surface area contributed by atoms with E-state index in [0.717, 1.165) is 12.8 Å². The number of carbonyl (C=O) groups is 1. The SMILES string of the molecule is O=C(Cc1c(Cl)cccc1Cl)NC1CCCCC1. The molecule has 0 radical (unpaired) electrons. The lowest BCUT2D eigenvalue weighted by molar-refractivity contribution is -0.121. The normalized spacial score (nSPS) is 16.6. The molecular formula is C14H17Cl2NO. The molecule has 0 saturated heterocycles. The fourth-order valence-corrected chi connectivity index (χ4v) is 2.92. The highest BCUT2D eigenvalue weighted by molar-refractivity contribution is 6.36. The first kappa shape index (κ1) is 13.7. The lowest BCUT2D eigenvalue weighted by atomic mass is 9.95. The van der Waals surface area contributed by atoms with Gasteiger partial charge in [-0.25, -0.2) is 0 Å². The van der Waals surface area contributed by atoms with Gasteiger partial charge in [-0.2, -0.15) is 0 Å². The molecule has 0 unspecified atom stereocenters. The first-order chi connectivity index (χ1) is 8.66. The van der Waals surface area contributed by atoms with Crippen LogP contribution in [0, 0.1) is 0 Å². The summed E-state index contributed by atoms with van der Waals surface area (Å²) >= 11 is 12.1. The van der Waals surface area contributed by atoms with E-state index < -0.39 is 0 Å². The van der Waals surface area contributed by atoms with Gasteiger partial charge in [0.25, 0.3) is 0 Å². The highest BCUT2D eigenvalue weighted by Crippen LogP contribution is 2.25. The molecule has 0 aliphatic heterocycles. The standard InChI is InChI=1S/C14H17Cl2NO/c15-12-7-4-8-13(16)11(12)9-14(18)17-10-5-2-1-3-6-10/h4,7-8,10H,1-3,5-6,9H2,(H,17,18). The summed E-state index contributed by atoms with van der Waals surface area (Å²) in [5, 5.41) is 4.18. The topological polar surface area (TPSA) is 29.1 Å². The number of benzene rings is 1. The van der Waals surface area contributed by atoms with Gasteiger partial charge in [-0.3, -0.25) is 4.79 Å². The second kappa shape index (κ2) is 6.44. The first-order valence-electron chi connectivity index (χ1n) is 6.39. The third kappa shape index (κ3) is 3.63. The van der Waals surface area contributed by atoms with Crippen molar-refractivity contribution in [3.63, 3.8) is 0 Å². The van der Waals surface area contributed by atoms with E-state index in [1.165, 1.54) is 19.3 Å². The lowest BCUT2D eigenvalue weighted by Gasteiger charge is -2.22. The predicted molar refractivity (Wildman–Crippen MR) is 75.2 cm³/mol.